The third-order valence-electron chi connectivity index (χ3n) is 9.04. The van der Waals surface area contributed by atoms with E-state index < -0.39 is 34.9 Å². The van der Waals surface area contributed by atoms with Crippen LogP contribution in [0.15, 0.2) is 68.2 Å². The Morgan fingerprint density at radius 3 is 1.85 bits per heavy atom. The molecular weight excluding hydrogens is 1010 g/mol. The number of anilines is 2. The van der Waals surface area contributed by atoms with Crippen LogP contribution in [0.5, 0.6) is 6.01 Å². The second kappa shape index (κ2) is 26.4. The van der Waals surface area contributed by atoms with E-state index in [-0.39, 0.29) is 337 Å². The predicted molar refractivity (Wildman–Crippen MR) is 213 cm³/mol. The third-order valence-corrected chi connectivity index (χ3v) is 9.04. The number of carbonyl (C=O) groups excluding carboxylic acids is 2. The first-order valence-corrected chi connectivity index (χ1v) is 18.4. The van der Waals surface area contributed by atoms with Crippen LogP contribution < -0.4 is 284 Å². The molecule has 316 valence electrons. The summed E-state index contributed by atoms with van der Waals surface area (Å²) < 4.78 is 4.46. The standard InChI is InChI=1S/C39H34N19O5.5K/c1-38(2,3)27-25(49-51-32-22(16-40)17-45-55(32)23-13-9-12-21(15-23)34(61)62)29(41)57(52-27)35-46-36(48-37(63)47-35)58-30(42)26(28(53-58)39(4,5)6)50-54-56-24(43-7)18-44-31(56)19-10-8-11-20(14-19)33(59)60;;;;;/h10-15,17-18,31H,41-42H2,1-6H3,(H,59,60)(H,61,62)(H,46,47,48,63);;;;;/q-1;5*+1/p-3. The van der Waals surface area contributed by atoms with Crippen molar-refractivity contribution in [1.82, 2.24) is 44.3 Å². The number of rotatable bonds is 10. The normalized spacial score (nSPS) is 13.1. The van der Waals surface area contributed by atoms with E-state index in [1.807, 2.05) is 47.6 Å². The van der Waals surface area contributed by atoms with Crippen molar-refractivity contribution >= 4 is 52.8 Å². The topological polar surface area (TPSA) is 340 Å². The van der Waals surface area contributed by atoms with Gasteiger partial charge in [0.1, 0.15) is 29.6 Å². The average Bonchev–Trinajstić information content (AvgIpc) is 4.01. The number of benzene rings is 2. The molecule has 1 aliphatic heterocycles. The van der Waals surface area contributed by atoms with E-state index in [1.165, 1.54) is 58.2 Å². The molecule has 0 aliphatic carbocycles. The zero-order valence-electron chi connectivity index (χ0n) is 39.0. The maximum Gasteiger partial charge on any atom is 1.00 e. The SMILES string of the molecule is [C-]#[N+]C1=[N+](N=Nc2c(C(C)(C)C)nn(-c3nc([O-])nc(-n4nc(C(C)(C)C)c(N=Nc5c(C#N)cnn5-c5c[c-]cc(C(=O)[O-])c5)c4N)n3)c2N)C(c2c[c-]cc(C(=O)[O-])c2)N=C1.[K+].[K+].[K+].[K+].[K+]. The quantitative estimate of drug-likeness (QED) is 0.0557. The van der Waals surface area contributed by atoms with Crippen molar-refractivity contribution in [2.75, 3.05) is 11.5 Å². The molecule has 24 nitrogen and oxygen atoms in total. The van der Waals surface area contributed by atoms with Crippen LogP contribution in [-0.2, 0) is 10.8 Å². The van der Waals surface area contributed by atoms with E-state index in [9.17, 15) is 30.2 Å². The molecule has 5 heterocycles. The predicted octanol–water partition coefficient (Wildman–Crippen LogP) is -13.0. The molecule has 0 saturated carbocycles. The first-order valence-electron chi connectivity index (χ1n) is 18.4. The zero-order valence-corrected chi connectivity index (χ0v) is 54.6. The number of carboxylic acid groups (broad SMARTS) is 2. The van der Waals surface area contributed by atoms with Crippen LogP contribution in [0.25, 0.3) is 22.4 Å². The summed E-state index contributed by atoms with van der Waals surface area (Å²) in [5.74, 6) is -4.04. The molecule has 1 atom stereocenters. The molecule has 0 fully saturated rings. The Balaban J connectivity index is 0.00000317. The van der Waals surface area contributed by atoms with Crippen LogP contribution in [0.1, 0.15) is 90.9 Å². The van der Waals surface area contributed by atoms with Crippen LogP contribution in [0.3, 0.4) is 0 Å². The zero-order chi connectivity index (χ0) is 45.5. The van der Waals surface area contributed by atoms with E-state index >= 15 is 0 Å². The number of nitrogen functional groups attached to an aromatic ring is 2. The Morgan fingerprint density at radius 1 is 0.809 bits per heavy atom. The van der Waals surface area contributed by atoms with Gasteiger partial charge in [0.15, 0.2) is 28.8 Å². The number of nitrogens with zero attached hydrogens (tertiary/aromatic N) is 17. The number of carboxylic acids is 2. The number of hydrogen-bond acceptors (Lipinski definition) is 19. The fourth-order valence-electron chi connectivity index (χ4n) is 6.02. The summed E-state index contributed by atoms with van der Waals surface area (Å²) >= 11 is 0. The Bertz CT molecular complexity index is 3100. The molecule has 0 spiro atoms. The Kier molecular flexibility index (Phi) is 24.5. The summed E-state index contributed by atoms with van der Waals surface area (Å²) in [5, 5.41) is 76.8. The molecule has 7 rings (SSSR count). The van der Waals surface area contributed by atoms with Crippen molar-refractivity contribution in [3.63, 3.8) is 0 Å². The molecule has 68 heavy (non-hydrogen) atoms. The van der Waals surface area contributed by atoms with Gasteiger partial charge in [-0.05, 0) is 5.69 Å². The minimum absolute atomic E-state index is 0. The molecule has 0 amide bonds. The van der Waals surface area contributed by atoms with Crippen molar-refractivity contribution in [1.29, 1.82) is 5.26 Å². The van der Waals surface area contributed by atoms with Gasteiger partial charge in [0.2, 0.25) is 0 Å². The van der Waals surface area contributed by atoms with Gasteiger partial charge in [-0.25, -0.2) is 15.0 Å². The molecule has 0 bridgehead atoms. The molecule has 29 heteroatoms. The van der Waals surface area contributed by atoms with Crippen molar-refractivity contribution in [3.8, 4) is 29.7 Å². The minimum atomic E-state index is -1.45. The van der Waals surface area contributed by atoms with Crippen molar-refractivity contribution < 1.29 is 287 Å². The first-order chi connectivity index (χ1) is 29.8. The van der Waals surface area contributed by atoms with Crippen molar-refractivity contribution in [3.05, 3.63) is 99.8 Å². The van der Waals surface area contributed by atoms with Crippen LogP contribution in [0.4, 0.5) is 28.8 Å². The van der Waals surface area contributed by atoms with Gasteiger partial charge in [-0.1, -0.05) is 56.9 Å². The molecule has 4 aromatic heterocycles. The maximum atomic E-state index is 13.2. The van der Waals surface area contributed by atoms with Crippen LogP contribution in [-0.4, -0.2) is 73.0 Å². The van der Waals surface area contributed by atoms with Gasteiger partial charge in [-0.2, -0.15) is 82.2 Å². The number of nitriles is 1. The van der Waals surface area contributed by atoms with E-state index in [1.54, 1.807) is 0 Å². The molecule has 1 unspecified atom stereocenters. The number of azo groups is 1. The van der Waals surface area contributed by atoms with Crippen LogP contribution in [0.2, 0.25) is 0 Å². The number of nitrogens with two attached hydrogens (primary N) is 2. The number of carbonyl (C=O) groups is 2. The number of amidine groups is 1. The number of hydrogen-bond donors (Lipinski definition) is 2. The summed E-state index contributed by atoms with van der Waals surface area (Å²) in [6, 6.07) is 14.3. The molecule has 2 aromatic carbocycles. The summed E-state index contributed by atoms with van der Waals surface area (Å²) in [6.07, 6.45) is 1.50. The van der Waals surface area contributed by atoms with Gasteiger partial charge < -0.3 is 36.4 Å². The molecule has 1 aliphatic rings. The van der Waals surface area contributed by atoms with E-state index in [2.05, 4.69) is 72.8 Å². The largest absolute Gasteiger partial charge is 1.00 e. The number of aromatic nitrogens is 9. The van der Waals surface area contributed by atoms with E-state index in [0.29, 0.717) is 5.56 Å². The van der Waals surface area contributed by atoms with Crippen molar-refractivity contribution in [2.45, 2.75) is 58.5 Å². The average molecular weight is 1040 g/mol. The fraction of sp³-hybridized carbons (Fsp3) is 0.231. The van der Waals surface area contributed by atoms with Crippen LogP contribution in [0, 0.1) is 30.0 Å². The van der Waals surface area contributed by atoms with E-state index in [4.69, 9.17) is 18.0 Å². The molecule has 6 aromatic rings. The van der Waals surface area contributed by atoms with Gasteiger partial charge in [-0.15, -0.1) is 27.4 Å². The number of aliphatic imine (C=N–C) groups is 1. The van der Waals surface area contributed by atoms with Gasteiger partial charge >= 0.3 is 263 Å². The second-order valence-electron chi connectivity index (χ2n) is 15.6. The first kappa shape index (κ1) is 63.2. The summed E-state index contributed by atoms with van der Waals surface area (Å²) in [6.45, 7) is 18.6. The molecule has 4 N–H and O–H groups in total. The Morgan fingerprint density at radius 2 is 1.34 bits per heavy atom. The Labute approximate surface area is 601 Å². The van der Waals surface area contributed by atoms with Gasteiger partial charge in [0.05, 0.1) is 23.6 Å². The second-order valence-corrected chi connectivity index (χ2v) is 15.6. The van der Waals surface area contributed by atoms with Gasteiger partial charge in [0.25, 0.3) is 18.1 Å². The molecule has 0 saturated heterocycles. The van der Waals surface area contributed by atoms with E-state index in [0.717, 1.165) is 9.36 Å². The number of aromatic carboxylic acids is 2. The van der Waals surface area contributed by atoms with Crippen LogP contribution >= 0.6 is 0 Å². The maximum absolute atomic E-state index is 13.2. The Hall–Kier alpha value is -0.878. The summed E-state index contributed by atoms with van der Waals surface area (Å²) in [5.41, 5.74) is 12.5. The summed E-state index contributed by atoms with van der Waals surface area (Å²) in [4.78, 5) is 43.2. The smallest absolute Gasteiger partial charge is 0.844 e. The fourth-order valence-corrected chi connectivity index (χ4v) is 6.02. The summed E-state index contributed by atoms with van der Waals surface area (Å²) in [7, 11) is 0. The third kappa shape index (κ3) is 13.8. The molecule has 0 radical (unpaired) electrons. The van der Waals surface area contributed by atoms with Crippen molar-refractivity contribution in [2.24, 2.45) is 25.6 Å². The monoisotopic (exact) mass is 1040 g/mol. The van der Waals surface area contributed by atoms with Gasteiger partial charge in [-0.3, -0.25) is 4.68 Å². The van der Waals surface area contributed by atoms with Gasteiger partial charge in [0, 0.05) is 22.8 Å². The molecular formula is C39H31K5N19O5+. The minimum Gasteiger partial charge on any atom is -0.844 e.